The highest BCUT2D eigenvalue weighted by Gasteiger charge is 2.27. The van der Waals surface area contributed by atoms with Crippen molar-refractivity contribution in [3.8, 4) is 22.9 Å². The predicted molar refractivity (Wildman–Crippen MR) is 141 cm³/mol. The number of nitrogens with zero attached hydrogens (tertiary/aromatic N) is 4. The first-order chi connectivity index (χ1) is 18.3. The highest BCUT2D eigenvalue weighted by atomic mass is 16.6. The van der Waals surface area contributed by atoms with Crippen molar-refractivity contribution in [3.05, 3.63) is 92.8 Å². The van der Waals surface area contributed by atoms with E-state index in [-0.39, 0.29) is 23.7 Å². The van der Waals surface area contributed by atoms with Crippen LogP contribution in [0.2, 0.25) is 0 Å². The quantitative estimate of drug-likeness (QED) is 0.140. The summed E-state index contributed by atoms with van der Waals surface area (Å²) in [5.74, 6) is -0.589. The Morgan fingerprint density at radius 2 is 1.87 bits per heavy atom. The van der Waals surface area contributed by atoms with Crippen LogP contribution in [0.3, 0.4) is 0 Å². The molecular weight excluding hydrogens is 492 g/mol. The maximum absolute atomic E-state index is 13.4. The van der Waals surface area contributed by atoms with Crippen LogP contribution in [-0.4, -0.2) is 46.6 Å². The molecule has 0 radical (unpaired) electrons. The number of fused-ring (bicyclic) bond motifs is 1. The van der Waals surface area contributed by atoms with Crippen molar-refractivity contribution in [1.29, 1.82) is 0 Å². The van der Waals surface area contributed by atoms with Gasteiger partial charge in [-0.1, -0.05) is 42.5 Å². The Labute approximate surface area is 217 Å². The monoisotopic (exact) mass is 516 g/mol. The molecule has 1 heterocycles. The second-order valence-corrected chi connectivity index (χ2v) is 8.02. The summed E-state index contributed by atoms with van der Waals surface area (Å²) in [7, 11) is 1.19. The maximum Gasteiger partial charge on any atom is 0.346 e. The van der Waals surface area contributed by atoms with Crippen molar-refractivity contribution in [2.45, 2.75) is 20.0 Å². The van der Waals surface area contributed by atoms with Crippen LogP contribution in [0.1, 0.15) is 19.4 Å². The Morgan fingerprint density at radius 1 is 1.16 bits per heavy atom. The van der Waals surface area contributed by atoms with E-state index in [0.29, 0.717) is 22.3 Å². The Balaban J connectivity index is 1.86. The lowest BCUT2D eigenvalue weighted by atomic mass is 10.1. The molecule has 0 N–H and O–H groups in total. The van der Waals surface area contributed by atoms with E-state index in [1.165, 1.54) is 32.4 Å². The Hall–Kier alpha value is -5.06. The number of rotatable bonds is 9. The van der Waals surface area contributed by atoms with Crippen LogP contribution in [0.25, 0.3) is 22.3 Å². The molecule has 38 heavy (non-hydrogen) atoms. The van der Waals surface area contributed by atoms with E-state index in [1.54, 1.807) is 43.3 Å². The number of aromatic nitrogens is 2. The van der Waals surface area contributed by atoms with Gasteiger partial charge < -0.3 is 14.2 Å². The van der Waals surface area contributed by atoms with Crippen molar-refractivity contribution in [1.82, 2.24) is 9.66 Å². The summed E-state index contributed by atoms with van der Waals surface area (Å²) >= 11 is 0. The van der Waals surface area contributed by atoms with Crippen molar-refractivity contribution < 1.29 is 23.9 Å². The molecule has 0 aliphatic carbocycles. The van der Waals surface area contributed by atoms with Gasteiger partial charge in [-0.05, 0) is 32.0 Å². The van der Waals surface area contributed by atoms with Crippen LogP contribution in [-0.2, 0) is 9.53 Å². The molecule has 11 nitrogen and oxygen atoms in total. The van der Waals surface area contributed by atoms with E-state index in [2.05, 4.69) is 14.8 Å². The number of carbonyl (C=O) groups excluding carboxylic acids is 1. The zero-order valence-electron chi connectivity index (χ0n) is 20.9. The largest absolute Gasteiger partial charge is 0.490 e. The second kappa shape index (κ2) is 11.3. The summed E-state index contributed by atoms with van der Waals surface area (Å²) in [5, 5.41) is 16.6. The third-order valence-corrected chi connectivity index (χ3v) is 5.49. The summed E-state index contributed by atoms with van der Waals surface area (Å²) in [6, 6.07) is 18.7. The molecule has 1 aromatic heterocycles. The molecule has 0 aliphatic heterocycles. The number of benzene rings is 3. The van der Waals surface area contributed by atoms with Gasteiger partial charge in [-0.25, -0.2) is 9.78 Å². The predicted octanol–water partition coefficient (Wildman–Crippen LogP) is 4.19. The number of nitro benzene ring substituents is 1. The molecule has 4 aromatic rings. The highest BCUT2D eigenvalue weighted by Crippen LogP contribution is 2.39. The number of carbonyl (C=O) groups is 1. The molecule has 11 heteroatoms. The molecule has 3 aromatic carbocycles. The summed E-state index contributed by atoms with van der Waals surface area (Å²) < 4.78 is 16.9. The van der Waals surface area contributed by atoms with Crippen LogP contribution in [0.5, 0.6) is 11.5 Å². The van der Waals surface area contributed by atoms with Crippen LogP contribution in [0, 0.1) is 10.1 Å². The van der Waals surface area contributed by atoms with Crippen molar-refractivity contribution in [2.24, 2.45) is 5.10 Å². The third-order valence-electron chi connectivity index (χ3n) is 5.49. The summed E-state index contributed by atoms with van der Waals surface area (Å²) in [6.07, 6.45) is 0.181. The van der Waals surface area contributed by atoms with E-state index >= 15 is 0 Å². The van der Waals surface area contributed by atoms with Gasteiger partial charge in [0.15, 0.2) is 17.7 Å². The summed E-state index contributed by atoms with van der Waals surface area (Å²) in [4.78, 5) is 41.1. The molecular formula is C27H24N4O7. The van der Waals surface area contributed by atoms with Gasteiger partial charge in [-0.15, -0.1) is 0 Å². The first kappa shape index (κ1) is 26.0. The highest BCUT2D eigenvalue weighted by molar-refractivity contribution is 5.84. The van der Waals surface area contributed by atoms with E-state index in [9.17, 15) is 19.7 Å². The van der Waals surface area contributed by atoms with Crippen molar-refractivity contribution in [3.63, 3.8) is 0 Å². The molecule has 0 unspecified atom stereocenters. The fraction of sp³-hybridized carbons (Fsp3) is 0.185. The lowest BCUT2D eigenvalue weighted by Crippen LogP contribution is -2.25. The van der Waals surface area contributed by atoms with Crippen LogP contribution < -0.4 is 15.0 Å². The van der Waals surface area contributed by atoms with E-state index in [1.807, 2.05) is 18.2 Å². The minimum atomic E-state index is -1.12. The van der Waals surface area contributed by atoms with E-state index < -0.39 is 28.2 Å². The molecule has 194 valence electrons. The minimum Gasteiger partial charge on any atom is -0.490 e. The van der Waals surface area contributed by atoms with Gasteiger partial charge >= 0.3 is 11.7 Å². The van der Waals surface area contributed by atoms with Crippen LogP contribution in [0.15, 0.2) is 76.6 Å². The fourth-order valence-corrected chi connectivity index (χ4v) is 3.72. The Kier molecular flexibility index (Phi) is 7.76. The number of ether oxygens (including phenoxy) is 3. The lowest BCUT2D eigenvalue weighted by molar-refractivity contribution is -0.386. The Bertz CT molecular complexity index is 1580. The minimum absolute atomic E-state index is 0.0335. The standard InChI is InChI=1S/C27H24N4O7/c1-4-37-23-15-18(14-22(31(34)35)24(23)38-17(2)27(33)36-3)16-28-30-25(19-10-6-5-7-11-19)29-21-13-9-8-12-20(21)26(30)32/h5-17H,4H2,1-3H3/t17-/m1/s1. The number of hydrogen-bond acceptors (Lipinski definition) is 9. The summed E-state index contributed by atoms with van der Waals surface area (Å²) in [6.45, 7) is 3.28. The zero-order valence-corrected chi connectivity index (χ0v) is 20.9. The molecule has 0 amide bonds. The molecule has 0 bridgehead atoms. The van der Waals surface area contributed by atoms with Gasteiger partial charge in [-0.2, -0.15) is 9.78 Å². The first-order valence-electron chi connectivity index (χ1n) is 11.6. The molecule has 4 rings (SSSR count). The fourth-order valence-electron chi connectivity index (χ4n) is 3.72. The van der Waals surface area contributed by atoms with Gasteiger partial charge in [-0.3, -0.25) is 14.9 Å². The number of para-hydroxylation sites is 1. The van der Waals surface area contributed by atoms with E-state index in [4.69, 9.17) is 9.47 Å². The van der Waals surface area contributed by atoms with E-state index in [0.717, 1.165) is 4.68 Å². The number of nitro groups is 1. The van der Waals surface area contributed by atoms with Gasteiger partial charge in [0.1, 0.15) is 0 Å². The smallest absolute Gasteiger partial charge is 0.346 e. The van der Waals surface area contributed by atoms with Gasteiger partial charge in [0.25, 0.3) is 5.56 Å². The number of hydrogen-bond donors (Lipinski definition) is 0. The normalized spacial score (nSPS) is 11.9. The zero-order chi connectivity index (χ0) is 27.2. The molecule has 0 aliphatic rings. The van der Waals surface area contributed by atoms with Gasteiger partial charge in [0, 0.05) is 17.2 Å². The number of methoxy groups -OCH3 is 1. The molecule has 0 saturated heterocycles. The van der Waals surface area contributed by atoms with Crippen LogP contribution in [0.4, 0.5) is 5.69 Å². The van der Waals surface area contributed by atoms with Crippen molar-refractivity contribution >= 4 is 28.8 Å². The molecule has 0 spiro atoms. The molecule has 1 atom stereocenters. The lowest BCUT2D eigenvalue weighted by Gasteiger charge is -2.16. The average Bonchev–Trinajstić information content (AvgIpc) is 2.93. The average molecular weight is 517 g/mol. The first-order valence-corrected chi connectivity index (χ1v) is 11.6. The van der Waals surface area contributed by atoms with Gasteiger partial charge in [0.2, 0.25) is 5.75 Å². The van der Waals surface area contributed by atoms with Gasteiger partial charge in [0.05, 0.1) is 35.8 Å². The van der Waals surface area contributed by atoms with Crippen LogP contribution >= 0.6 is 0 Å². The topological polar surface area (TPSA) is 135 Å². The number of esters is 1. The SMILES string of the molecule is CCOc1cc(C=Nn2c(-c3ccccc3)nc3ccccc3c2=O)cc([N+](=O)[O-])c1O[C@H](C)C(=O)OC. The second-order valence-electron chi connectivity index (χ2n) is 8.02. The summed E-state index contributed by atoms with van der Waals surface area (Å²) in [5.41, 5.74) is 0.585. The molecule has 0 fully saturated rings. The van der Waals surface area contributed by atoms with Crippen molar-refractivity contribution in [2.75, 3.05) is 13.7 Å². The third kappa shape index (κ3) is 5.36. The maximum atomic E-state index is 13.4. The molecule has 0 saturated carbocycles. The Morgan fingerprint density at radius 3 is 2.55 bits per heavy atom.